The van der Waals surface area contributed by atoms with Crippen LogP contribution in [0.4, 0.5) is 4.79 Å². The molecule has 248 valence electrons. The molecule has 11 heteroatoms. The van der Waals surface area contributed by atoms with Crippen LogP contribution in [0.15, 0.2) is 72.8 Å². The summed E-state index contributed by atoms with van der Waals surface area (Å²) in [5.74, 6) is 1.56. The van der Waals surface area contributed by atoms with Gasteiger partial charge < -0.3 is 28.9 Å². The van der Waals surface area contributed by atoms with Crippen molar-refractivity contribution in [1.82, 2.24) is 14.7 Å². The van der Waals surface area contributed by atoms with Crippen LogP contribution in [0.2, 0.25) is 0 Å². The van der Waals surface area contributed by atoms with Crippen LogP contribution in [0.3, 0.4) is 0 Å². The van der Waals surface area contributed by atoms with Crippen LogP contribution in [0.25, 0.3) is 0 Å². The molecule has 45 heavy (non-hydrogen) atoms. The van der Waals surface area contributed by atoms with Gasteiger partial charge in [0.15, 0.2) is 0 Å². The third-order valence-electron chi connectivity index (χ3n) is 5.67. The molecule has 0 saturated carbocycles. The number of carbonyl (C=O) groups excluding carboxylic acids is 3. The predicted molar refractivity (Wildman–Crippen MR) is 197 cm³/mol. The number of nitrogens with zero attached hydrogens (tertiary/aromatic N) is 3. The number of halogens is 2. The largest absolute Gasteiger partial charge is 0.494 e. The topological polar surface area (TPSA) is 88.6 Å². The standard InChI is InChI=1S/C19H27IN2O4.C15H20INO2/c1-19(2,3)26-18(24)22(12-6-7-17(23)21(4)5)13-14-25-16-10-8-15(20)9-11-16;1-17(2)15(18)7-5-3-4-6-12-19-14-10-8-13(16)9-11-14/h6-11H,12-14H2,1-5H3;5,7-11H,3-4,6,12H2,1-2H3/b7-6+;7-5+. The molecular formula is C34H47I2N3O6. The number of allylic oxidation sites excluding steroid dienone is 1. The van der Waals surface area contributed by atoms with Crippen LogP contribution >= 0.6 is 45.2 Å². The van der Waals surface area contributed by atoms with E-state index < -0.39 is 11.7 Å². The van der Waals surface area contributed by atoms with E-state index in [4.69, 9.17) is 14.2 Å². The normalized spacial score (nSPS) is 11.0. The maximum absolute atomic E-state index is 12.4. The van der Waals surface area contributed by atoms with Gasteiger partial charge in [-0.05, 0) is 140 Å². The Bertz CT molecular complexity index is 1220. The van der Waals surface area contributed by atoms with Gasteiger partial charge in [-0.3, -0.25) is 9.59 Å². The molecule has 3 amide bonds. The van der Waals surface area contributed by atoms with Crippen molar-refractivity contribution >= 4 is 63.1 Å². The first-order valence-corrected chi connectivity index (χ1v) is 16.8. The van der Waals surface area contributed by atoms with Gasteiger partial charge in [0.25, 0.3) is 0 Å². The zero-order chi connectivity index (χ0) is 33.8. The Labute approximate surface area is 296 Å². The second-order valence-corrected chi connectivity index (χ2v) is 13.8. The van der Waals surface area contributed by atoms with Crippen LogP contribution in [0, 0.1) is 7.14 Å². The molecule has 0 aliphatic heterocycles. The summed E-state index contributed by atoms with van der Waals surface area (Å²) in [5, 5.41) is 0. The maximum atomic E-state index is 12.4. The van der Waals surface area contributed by atoms with Gasteiger partial charge >= 0.3 is 6.09 Å². The molecule has 2 aromatic rings. The van der Waals surface area contributed by atoms with Gasteiger partial charge in [-0.2, -0.15) is 0 Å². The van der Waals surface area contributed by atoms with Gasteiger partial charge in [-0.15, -0.1) is 0 Å². The summed E-state index contributed by atoms with van der Waals surface area (Å²) in [5.41, 5.74) is -0.588. The Morgan fingerprint density at radius 2 is 1.18 bits per heavy atom. The molecular weight excluding hydrogens is 800 g/mol. The SMILES string of the molecule is CN(C)C(=O)/C=C/CCCCOc1ccc(I)cc1.CN(C)C(=O)/C=C/CN(CCOc1ccc(I)cc1)C(=O)OC(C)(C)C. The third-order valence-corrected chi connectivity index (χ3v) is 7.11. The van der Waals surface area contributed by atoms with Gasteiger partial charge in [-0.25, -0.2) is 4.79 Å². The van der Waals surface area contributed by atoms with Crippen molar-refractivity contribution in [2.45, 2.75) is 45.6 Å². The minimum atomic E-state index is -0.588. The fourth-order valence-electron chi connectivity index (χ4n) is 3.24. The van der Waals surface area contributed by atoms with Crippen molar-refractivity contribution in [2.24, 2.45) is 0 Å². The molecule has 2 aromatic carbocycles. The lowest BCUT2D eigenvalue weighted by molar-refractivity contribution is -0.124. The fourth-order valence-corrected chi connectivity index (χ4v) is 3.96. The van der Waals surface area contributed by atoms with Crippen molar-refractivity contribution in [3.05, 3.63) is 80.0 Å². The number of hydrogen-bond donors (Lipinski definition) is 0. The van der Waals surface area contributed by atoms with Crippen LogP contribution in [0.1, 0.15) is 40.0 Å². The zero-order valence-electron chi connectivity index (χ0n) is 27.4. The Kier molecular flexibility index (Phi) is 19.5. The summed E-state index contributed by atoms with van der Waals surface area (Å²) in [6.45, 7) is 7.11. The molecule has 0 bridgehead atoms. The molecule has 0 N–H and O–H groups in total. The molecule has 0 radical (unpaired) electrons. The lowest BCUT2D eigenvalue weighted by Crippen LogP contribution is -2.39. The average Bonchev–Trinajstić information content (AvgIpc) is 2.96. The first-order chi connectivity index (χ1) is 21.2. The average molecular weight is 848 g/mol. The minimum Gasteiger partial charge on any atom is -0.494 e. The van der Waals surface area contributed by atoms with Crippen molar-refractivity contribution in [2.75, 3.05) is 54.5 Å². The van der Waals surface area contributed by atoms with E-state index in [-0.39, 0.29) is 18.4 Å². The summed E-state index contributed by atoms with van der Waals surface area (Å²) in [7, 11) is 6.85. The van der Waals surface area contributed by atoms with E-state index in [1.165, 1.54) is 19.4 Å². The lowest BCUT2D eigenvalue weighted by Gasteiger charge is -2.26. The second-order valence-electron chi connectivity index (χ2n) is 11.3. The van der Waals surface area contributed by atoms with E-state index in [0.717, 1.165) is 40.9 Å². The molecule has 0 aromatic heterocycles. The quantitative estimate of drug-likeness (QED) is 0.115. The van der Waals surface area contributed by atoms with Gasteiger partial charge in [0.2, 0.25) is 11.8 Å². The Morgan fingerprint density at radius 1 is 0.711 bits per heavy atom. The first-order valence-electron chi connectivity index (χ1n) is 14.7. The monoisotopic (exact) mass is 847 g/mol. The smallest absolute Gasteiger partial charge is 0.410 e. The second kappa shape index (κ2) is 21.8. The molecule has 9 nitrogen and oxygen atoms in total. The summed E-state index contributed by atoms with van der Waals surface area (Å²) in [6, 6.07) is 15.7. The van der Waals surface area contributed by atoms with Gasteiger partial charge in [0.1, 0.15) is 23.7 Å². The van der Waals surface area contributed by atoms with Crippen molar-refractivity contribution in [3.63, 3.8) is 0 Å². The number of carbonyl (C=O) groups is 3. The Hall–Kier alpha value is -2.81. The van der Waals surface area contributed by atoms with E-state index >= 15 is 0 Å². The van der Waals surface area contributed by atoms with Gasteiger partial charge in [0.05, 0.1) is 13.2 Å². The number of benzene rings is 2. The molecule has 0 saturated heterocycles. The van der Waals surface area contributed by atoms with E-state index in [1.807, 2.05) is 75.4 Å². The van der Waals surface area contributed by atoms with Crippen LogP contribution in [-0.2, 0) is 14.3 Å². The summed E-state index contributed by atoms with van der Waals surface area (Å²) < 4.78 is 19.1. The highest BCUT2D eigenvalue weighted by Gasteiger charge is 2.21. The minimum absolute atomic E-state index is 0.0372. The Morgan fingerprint density at radius 3 is 1.64 bits per heavy atom. The number of unbranched alkanes of at least 4 members (excludes halogenated alkanes) is 2. The summed E-state index contributed by atoms with van der Waals surface area (Å²) in [6.07, 6.45) is 9.14. The molecule has 0 heterocycles. The van der Waals surface area contributed by atoms with Gasteiger partial charge in [-0.1, -0.05) is 12.2 Å². The molecule has 0 atom stereocenters. The van der Waals surface area contributed by atoms with Crippen LogP contribution in [0.5, 0.6) is 11.5 Å². The number of amides is 3. The molecule has 0 fully saturated rings. The molecule has 0 unspecified atom stereocenters. The highest BCUT2D eigenvalue weighted by Crippen LogP contribution is 2.15. The third kappa shape index (κ3) is 20.0. The van der Waals surface area contributed by atoms with Crippen molar-refractivity contribution in [1.29, 1.82) is 0 Å². The number of hydrogen-bond acceptors (Lipinski definition) is 6. The highest BCUT2D eigenvalue weighted by molar-refractivity contribution is 14.1. The van der Waals surface area contributed by atoms with E-state index in [9.17, 15) is 14.4 Å². The number of ether oxygens (including phenoxy) is 3. The number of likely N-dealkylation sites (N-methyl/N-ethyl adjacent to an activating group) is 2. The molecule has 0 aliphatic rings. The summed E-state index contributed by atoms with van der Waals surface area (Å²) in [4.78, 5) is 39.8. The van der Waals surface area contributed by atoms with Crippen LogP contribution in [-0.4, -0.2) is 92.7 Å². The number of rotatable bonds is 14. The predicted octanol–water partition coefficient (Wildman–Crippen LogP) is 7.04. The fraction of sp³-hybridized carbons (Fsp3) is 0.441. The van der Waals surface area contributed by atoms with E-state index in [2.05, 4.69) is 45.2 Å². The van der Waals surface area contributed by atoms with E-state index in [1.54, 1.807) is 45.2 Å². The first kappa shape index (κ1) is 40.2. The van der Waals surface area contributed by atoms with E-state index in [0.29, 0.717) is 13.2 Å². The molecule has 0 aliphatic carbocycles. The van der Waals surface area contributed by atoms with Crippen molar-refractivity contribution in [3.8, 4) is 11.5 Å². The molecule has 2 rings (SSSR count). The lowest BCUT2D eigenvalue weighted by atomic mass is 10.2. The molecule has 0 spiro atoms. The van der Waals surface area contributed by atoms with Crippen molar-refractivity contribution < 1.29 is 28.6 Å². The highest BCUT2D eigenvalue weighted by atomic mass is 127. The maximum Gasteiger partial charge on any atom is 0.410 e. The van der Waals surface area contributed by atoms with Crippen LogP contribution < -0.4 is 9.47 Å². The summed E-state index contributed by atoms with van der Waals surface area (Å²) >= 11 is 4.50. The van der Waals surface area contributed by atoms with Gasteiger partial charge in [0, 0.05) is 48.0 Å². The Balaban J connectivity index is 0.000000472. The zero-order valence-corrected chi connectivity index (χ0v) is 31.7.